The molecule has 2 N–H and O–H groups in total. The van der Waals surface area contributed by atoms with Crippen molar-refractivity contribution in [2.75, 3.05) is 17.7 Å². The smallest absolute Gasteiger partial charge is 0.337 e. The van der Waals surface area contributed by atoms with Crippen LogP contribution in [0.5, 0.6) is 0 Å². The van der Waals surface area contributed by atoms with Gasteiger partial charge in [0.15, 0.2) is 0 Å². The van der Waals surface area contributed by atoms with E-state index in [1.807, 2.05) is 38.1 Å². The van der Waals surface area contributed by atoms with Gasteiger partial charge in [-0.3, -0.25) is 9.78 Å². The molecule has 0 aliphatic rings. The van der Waals surface area contributed by atoms with E-state index in [0.717, 1.165) is 16.8 Å². The SMILES string of the molecule is COC(=O)c1cccc(Nc2ccnc(C(=O)Nc3c(C)cccc3C)c2)c1. The molecule has 1 aromatic heterocycles. The van der Waals surface area contributed by atoms with Gasteiger partial charge in [0.2, 0.25) is 0 Å². The van der Waals surface area contributed by atoms with E-state index >= 15 is 0 Å². The molecule has 0 unspecified atom stereocenters. The van der Waals surface area contributed by atoms with Gasteiger partial charge in [-0.2, -0.15) is 0 Å². The first kappa shape index (κ1) is 19.1. The largest absolute Gasteiger partial charge is 0.465 e. The van der Waals surface area contributed by atoms with Crippen molar-refractivity contribution in [3.05, 3.63) is 83.2 Å². The quantitative estimate of drug-likeness (QED) is 0.643. The number of ether oxygens (including phenoxy) is 1. The third-order valence-electron chi connectivity index (χ3n) is 4.28. The van der Waals surface area contributed by atoms with Gasteiger partial charge in [-0.1, -0.05) is 24.3 Å². The van der Waals surface area contributed by atoms with Crippen molar-refractivity contribution in [1.29, 1.82) is 0 Å². The van der Waals surface area contributed by atoms with Crippen LogP contribution in [0.1, 0.15) is 32.0 Å². The number of benzene rings is 2. The number of amides is 1. The topological polar surface area (TPSA) is 80.3 Å². The molecule has 6 heteroatoms. The molecule has 0 radical (unpaired) electrons. The Bertz CT molecular complexity index is 1010. The number of hydrogen-bond acceptors (Lipinski definition) is 5. The van der Waals surface area contributed by atoms with Crippen LogP contribution in [0.2, 0.25) is 0 Å². The molecule has 142 valence electrons. The normalized spacial score (nSPS) is 10.2. The van der Waals surface area contributed by atoms with E-state index in [0.29, 0.717) is 16.9 Å². The first-order valence-corrected chi connectivity index (χ1v) is 8.77. The third-order valence-corrected chi connectivity index (χ3v) is 4.28. The maximum absolute atomic E-state index is 12.6. The zero-order valence-corrected chi connectivity index (χ0v) is 15.9. The van der Waals surface area contributed by atoms with Crippen molar-refractivity contribution in [2.45, 2.75) is 13.8 Å². The van der Waals surface area contributed by atoms with Crippen molar-refractivity contribution < 1.29 is 14.3 Å². The Hall–Kier alpha value is -3.67. The molecule has 6 nitrogen and oxygen atoms in total. The number of hydrogen-bond donors (Lipinski definition) is 2. The predicted octanol–water partition coefficient (Wildman–Crippen LogP) is 4.48. The fourth-order valence-electron chi connectivity index (χ4n) is 2.83. The summed E-state index contributed by atoms with van der Waals surface area (Å²) in [6.07, 6.45) is 1.56. The number of pyridine rings is 1. The molecule has 1 heterocycles. The lowest BCUT2D eigenvalue weighted by atomic mass is 10.1. The summed E-state index contributed by atoms with van der Waals surface area (Å²) >= 11 is 0. The number of esters is 1. The summed E-state index contributed by atoms with van der Waals surface area (Å²) in [5, 5.41) is 6.10. The molecule has 1 amide bonds. The van der Waals surface area contributed by atoms with Crippen LogP contribution >= 0.6 is 0 Å². The highest BCUT2D eigenvalue weighted by atomic mass is 16.5. The molecule has 2 aromatic carbocycles. The lowest BCUT2D eigenvalue weighted by Gasteiger charge is -2.12. The number of aromatic nitrogens is 1. The second kappa shape index (κ2) is 8.35. The van der Waals surface area contributed by atoms with Gasteiger partial charge in [-0.15, -0.1) is 0 Å². The Balaban J connectivity index is 1.79. The molecule has 0 aliphatic carbocycles. The molecule has 0 fully saturated rings. The highest BCUT2D eigenvalue weighted by Crippen LogP contribution is 2.22. The van der Waals surface area contributed by atoms with Crippen LogP contribution in [0.25, 0.3) is 0 Å². The van der Waals surface area contributed by atoms with E-state index in [2.05, 4.69) is 15.6 Å². The molecular formula is C22H21N3O3. The van der Waals surface area contributed by atoms with E-state index in [9.17, 15) is 9.59 Å². The Kier molecular flexibility index (Phi) is 5.69. The van der Waals surface area contributed by atoms with Crippen LogP contribution in [0, 0.1) is 13.8 Å². The number of para-hydroxylation sites is 1. The number of methoxy groups -OCH3 is 1. The second-order valence-electron chi connectivity index (χ2n) is 6.35. The third kappa shape index (κ3) is 4.35. The molecule has 28 heavy (non-hydrogen) atoms. The maximum Gasteiger partial charge on any atom is 0.337 e. The summed E-state index contributed by atoms with van der Waals surface area (Å²) < 4.78 is 4.74. The van der Waals surface area contributed by atoms with Crippen LogP contribution in [0.3, 0.4) is 0 Å². The Morgan fingerprint density at radius 2 is 1.61 bits per heavy atom. The Labute approximate surface area is 163 Å². The highest BCUT2D eigenvalue weighted by Gasteiger charge is 2.12. The minimum atomic E-state index is -0.410. The van der Waals surface area contributed by atoms with Crippen LogP contribution in [0.4, 0.5) is 17.1 Å². The van der Waals surface area contributed by atoms with Gasteiger partial charge in [0.05, 0.1) is 12.7 Å². The van der Waals surface area contributed by atoms with E-state index in [1.54, 1.807) is 36.5 Å². The minimum Gasteiger partial charge on any atom is -0.465 e. The first-order valence-electron chi connectivity index (χ1n) is 8.77. The molecule has 0 aliphatic heterocycles. The fourth-order valence-corrected chi connectivity index (χ4v) is 2.83. The number of carbonyl (C=O) groups excluding carboxylic acids is 2. The average Bonchev–Trinajstić information content (AvgIpc) is 2.70. The van der Waals surface area contributed by atoms with Crippen LogP contribution in [-0.2, 0) is 4.74 Å². The second-order valence-corrected chi connectivity index (χ2v) is 6.35. The summed E-state index contributed by atoms with van der Waals surface area (Å²) in [4.78, 5) is 28.5. The summed E-state index contributed by atoms with van der Waals surface area (Å²) in [5.41, 5.74) is 4.88. The molecule has 0 spiro atoms. The van der Waals surface area contributed by atoms with Crippen molar-refractivity contribution >= 4 is 28.9 Å². The molecule has 0 bridgehead atoms. The van der Waals surface area contributed by atoms with Gasteiger partial charge in [0, 0.05) is 23.3 Å². The van der Waals surface area contributed by atoms with Gasteiger partial charge >= 0.3 is 5.97 Å². The summed E-state index contributed by atoms with van der Waals surface area (Å²) in [6.45, 7) is 3.89. The van der Waals surface area contributed by atoms with Gasteiger partial charge in [-0.25, -0.2) is 4.79 Å². The average molecular weight is 375 g/mol. The molecule has 0 atom stereocenters. The standard InChI is InChI=1S/C22H21N3O3/c1-14-6-4-7-15(2)20(14)25-21(26)19-13-18(10-11-23-19)24-17-9-5-8-16(12-17)22(27)28-3/h4-13H,1-3H3,(H,23,24)(H,25,26). The fraction of sp³-hybridized carbons (Fsp3) is 0.136. The van der Waals surface area contributed by atoms with Crippen LogP contribution < -0.4 is 10.6 Å². The van der Waals surface area contributed by atoms with E-state index < -0.39 is 5.97 Å². The Morgan fingerprint density at radius 3 is 2.32 bits per heavy atom. The number of aryl methyl sites for hydroxylation is 2. The number of anilines is 3. The van der Waals surface area contributed by atoms with Gasteiger partial charge < -0.3 is 15.4 Å². The van der Waals surface area contributed by atoms with Crippen LogP contribution in [0.15, 0.2) is 60.8 Å². The minimum absolute atomic E-state index is 0.288. The summed E-state index contributed by atoms with van der Waals surface area (Å²) in [5.74, 6) is -0.698. The first-order chi connectivity index (χ1) is 13.5. The van der Waals surface area contributed by atoms with Gasteiger partial charge in [0.1, 0.15) is 5.69 Å². The number of rotatable bonds is 5. The van der Waals surface area contributed by atoms with E-state index in [1.165, 1.54) is 7.11 Å². The van der Waals surface area contributed by atoms with Crippen molar-refractivity contribution in [3.8, 4) is 0 Å². The molecular weight excluding hydrogens is 354 g/mol. The molecule has 0 saturated heterocycles. The van der Waals surface area contributed by atoms with Crippen LogP contribution in [-0.4, -0.2) is 24.0 Å². The molecule has 3 rings (SSSR count). The molecule has 0 saturated carbocycles. The lowest BCUT2D eigenvalue weighted by Crippen LogP contribution is -2.15. The Morgan fingerprint density at radius 1 is 0.929 bits per heavy atom. The van der Waals surface area contributed by atoms with E-state index in [-0.39, 0.29) is 11.6 Å². The highest BCUT2D eigenvalue weighted by molar-refractivity contribution is 6.04. The van der Waals surface area contributed by atoms with Gasteiger partial charge in [0.25, 0.3) is 5.91 Å². The zero-order chi connectivity index (χ0) is 20.1. The van der Waals surface area contributed by atoms with E-state index in [4.69, 9.17) is 4.74 Å². The predicted molar refractivity (Wildman–Crippen MR) is 109 cm³/mol. The molecule has 3 aromatic rings. The van der Waals surface area contributed by atoms with Crippen molar-refractivity contribution in [3.63, 3.8) is 0 Å². The number of nitrogens with zero attached hydrogens (tertiary/aromatic N) is 1. The summed E-state index contributed by atoms with van der Waals surface area (Å²) in [7, 11) is 1.34. The summed E-state index contributed by atoms with van der Waals surface area (Å²) in [6, 6.07) is 16.2. The zero-order valence-electron chi connectivity index (χ0n) is 15.9. The maximum atomic E-state index is 12.6. The number of carbonyl (C=O) groups is 2. The number of nitrogens with one attached hydrogen (secondary N) is 2. The van der Waals surface area contributed by atoms with Crippen molar-refractivity contribution in [2.24, 2.45) is 0 Å². The van der Waals surface area contributed by atoms with Gasteiger partial charge in [-0.05, 0) is 55.3 Å². The lowest BCUT2D eigenvalue weighted by molar-refractivity contribution is 0.0600. The monoisotopic (exact) mass is 375 g/mol. The van der Waals surface area contributed by atoms with Crippen molar-refractivity contribution in [1.82, 2.24) is 4.98 Å².